The van der Waals surface area contributed by atoms with Crippen LogP contribution in [0, 0.1) is 5.41 Å². The first-order chi connectivity index (χ1) is 17.4. The summed E-state index contributed by atoms with van der Waals surface area (Å²) in [6, 6.07) is 9.13. The van der Waals surface area contributed by atoms with Crippen molar-refractivity contribution in [3.63, 3.8) is 0 Å². The van der Waals surface area contributed by atoms with Gasteiger partial charge in [0.05, 0.1) is 31.3 Å². The largest absolute Gasteiger partial charge is 0.379 e. The van der Waals surface area contributed by atoms with E-state index < -0.39 is 0 Å². The molecule has 9 heteroatoms. The molecule has 1 spiro atoms. The molecular weight excluding hydrogens is 456 g/mol. The van der Waals surface area contributed by atoms with E-state index in [-0.39, 0.29) is 6.03 Å². The van der Waals surface area contributed by atoms with Crippen molar-refractivity contribution in [2.45, 2.75) is 32.9 Å². The standard InChI is InChI=1S/C25H36N6O2.C2H4O/c1-27(2)23-15-26-31(18-23)24(32)30-19-25(20-30)7-9-28(10-8-25)16-21-3-5-22(6-4-21)17-29-11-13-33-14-12-29;1-2-3/h3-6,15,18H,7-14,16-17,19-20H2,1-2H3;2H,1H3. The van der Waals surface area contributed by atoms with Gasteiger partial charge >= 0.3 is 6.03 Å². The SMILES string of the molecule is CC=O.CN(C)c1cnn(C(=O)N2CC3(CCN(Cc4ccc(CN5CCOCC5)cc4)CC3)C2)c1. The number of anilines is 1. The molecule has 1 aromatic carbocycles. The van der Waals surface area contributed by atoms with Crippen molar-refractivity contribution < 1.29 is 14.3 Å². The lowest BCUT2D eigenvalue weighted by atomic mass is 9.72. The minimum absolute atomic E-state index is 0.00618. The number of likely N-dealkylation sites (tertiary alicyclic amines) is 2. The molecule has 0 atom stereocenters. The molecule has 4 heterocycles. The van der Waals surface area contributed by atoms with Gasteiger partial charge in [0.25, 0.3) is 0 Å². The van der Waals surface area contributed by atoms with E-state index in [1.807, 2.05) is 30.1 Å². The van der Waals surface area contributed by atoms with Crippen LogP contribution in [0.25, 0.3) is 0 Å². The topological polar surface area (TPSA) is 74.2 Å². The normalized spacial score (nSPS) is 19.8. The third kappa shape index (κ3) is 6.52. The van der Waals surface area contributed by atoms with E-state index >= 15 is 0 Å². The zero-order valence-corrected chi connectivity index (χ0v) is 21.9. The summed E-state index contributed by atoms with van der Waals surface area (Å²) in [5.74, 6) is 0. The first kappa shape index (κ1) is 26.3. The number of hydrogen-bond donors (Lipinski definition) is 0. The number of aromatic nitrogens is 2. The molecule has 3 fully saturated rings. The van der Waals surface area contributed by atoms with Crippen LogP contribution in [-0.2, 0) is 22.6 Å². The summed E-state index contributed by atoms with van der Waals surface area (Å²) in [5, 5.41) is 4.24. The third-order valence-electron chi connectivity index (χ3n) is 7.46. The van der Waals surface area contributed by atoms with Gasteiger partial charge < -0.3 is 19.3 Å². The molecule has 196 valence electrons. The molecule has 0 radical (unpaired) electrons. The van der Waals surface area contributed by atoms with Crippen LogP contribution in [0.15, 0.2) is 36.7 Å². The number of carbonyl (C=O) groups is 2. The summed E-state index contributed by atoms with van der Waals surface area (Å²) < 4.78 is 6.91. The fourth-order valence-electron chi connectivity index (χ4n) is 5.22. The van der Waals surface area contributed by atoms with Crippen LogP contribution in [-0.4, -0.2) is 103 Å². The van der Waals surface area contributed by atoms with Crippen molar-refractivity contribution in [1.82, 2.24) is 24.5 Å². The summed E-state index contributed by atoms with van der Waals surface area (Å²) in [7, 11) is 3.91. The zero-order chi connectivity index (χ0) is 25.5. The fourth-order valence-corrected chi connectivity index (χ4v) is 5.22. The van der Waals surface area contributed by atoms with Crippen LogP contribution in [0.3, 0.4) is 0 Å². The van der Waals surface area contributed by atoms with Gasteiger partial charge in [0, 0.05) is 58.8 Å². The maximum atomic E-state index is 12.7. The van der Waals surface area contributed by atoms with Gasteiger partial charge in [-0.25, -0.2) is 4.79 Å². The molecule has 3 aliphatic rings. The Balaban J connectivity index is 0.000000967. The molecule has 5 rings (SSSR count). The van der Waals surface area contributed by atoms with E-state index in [0.717, 1.165) is 90.4 Å². The van der Waals surface area contributed by atoms with E-state index in [4.69, 9.17) is 9.53 Å². The van der Waals surface area contributed by atoms with Gasteiger partial charge in [-0.2, -0.15) is 9.78 Å². The Morgan fingerprint density at radius 1 is 1.00 bits per heavy atom. The first-order valence-electron chi connectivity index (χ1n) is 12.9. The van der Waals surface area contributed by atoms with Gasteiger partial charge in [-0.1, -0.05) is 24.3 Å². The highest BCUT2D eigenvalue weighted by atomic mass is 16.5. The van der Waals surface area contributed by atoms with Crippen molar-refractivity contribution >= 4 is 18.0 Å². The number of benzene rings is 1. The van der Waals surface area contributed by atoms with E-state index in [0.29, 0.717) is 5.41 Å². The van der Waals surface area contributed by atoms with Crippen LogP contribution >= 0.6 is 0 Å². The Kier molecular flexibility index (Phi) is 8.77. The van der Waals surface area contributed by atoms with Gasteiger partial charge in [0.2, 0.25) is 0 Å². The van der Waals surface area contributed by atoms with Gasteiger partial charge in [-0.3, -0.25) is 9.80 Å². The number of carbonyl (C=O) groups excluding carboxylic acids is 2. The van der Waals surface area contributed by atoms with Gasteiger partial charge in [-0.05, 0) is 44.0 Å². The van der Waals surface area contributed by atoms with Crippen molar-refractivity contribution in [1.29, 1.82) is 0 Å². The number of piperidine rings is 1. The second kappa shape index (κ2) is 12.0. The smallest absolute Gasteiger partial charge is 0.344 e. The molecule has 0 N–H and O–H groups in total. The molecule has 3 saturated heterocycles. The van der Waals surface area contributed by atoms with Crippen LogP contribution in [0.4, 0.5) is 10.5 Å². The number of aldehydes is 1. The number of morpholine rings is 1. The lowest BCUT2D eigenvalue weighted by molar-refractivity contribution is -0.106. The lowest BCUT2D eigenvalue weighted by Gasteiger charge is -2.53. The van der Waals surface area contributed by atoms with E-state index in [2.05, 4.69) is 39.2 Å². The highest BCUT2D eigenvalue weighted by Crippen LogP contribution is 2.41. The number of amides is 1. The maximum absolute atomic E-state index is 12.7. The Morgan fingerprint density at radius 2 is 1.53 bits per heavy atom. The molecule has 36 heavy (non-hydrogen) atoms. The van der Waals surface area contributed by atoms with Crippen LogP contribution in [0.1, 0.15) is 30.9 Å². The second-order valence-electron chi connectivity index (χ2n) is 10.4. The quantitative estimate of drug-likeness (QED) is 0.589. The summed E-state index contributed by atoms with van der Waals surface area (Å²) in [6.45, 7) is 11.1. The van der Waals surface area contributed by atoms with Crippen molar-refractivity contribution in [3.8, 4) is 0 Å². The molecule has 1 aromatic heterocycles. The molecule has 2 aromatic rings. The Hall–Kier alpha value is -2.75. The van der Waals surface area contributed by atoms with Crippen molar-refractivity contribution in [2.75, 3.05) is 71.5 Å². The van der Waals surface area contributed by atoms with Crippen molar-refractivity contribution in [2.24, 2.45) is 5.41 Å². The summed E-state index contributed by atoms with van der Waals surface area (Å²) in [4.78, 5) is 30.5. The number of rotatable bonds is 5. The molecule has 1 amide bonds. The van der Waals surface area contributed by atoms with E-state index in [1.165, 1.54) is 22.7 Å². The maximum Gasteiger partial charge on any atom is 0.344 e. The predicted octanol–water partition coefficient (Wildman–Crippen LogP) is 2.55. The highest BCUT2D eigenvalue weighted by Gasteiger charge is 2.47. The van der Waals surface area contributed by atoms with Gasteiger partial charge in [0.15, 0.2) is 0 Å². The average molecular weight is 497 g/mol. The molecule has 0 aliphatic carbocycles. The Morgan fingerprint density at radius 3 is 2.03 bits per heavy atom. The molecule has 9 nitrogen and oxygen atoms in total. The predicted molar refractivity (Wildman–Crippen MR) is 140 cm³/mol. The van der Waals surface area contributed by atoms with Gasteiger partial charge in [0.1, 0.15) is 6.29 Å². The number of ether oxygens (including phenoxy) is 1. The molecule has 0 saturated carbocycles. The highest BCUT2D eigenvalue weighted by molar-refractivity contribution is 5.77. The summed E-state index contributed by atoms with van der Waals surface area (Å²) in [6.07, 6.45) is 6.62. The molecule has 0 unspecified atom stereocenters. The lowest BCUT2D eigenvalue weighted by Crippen LogP contribution is -2.62. The third-order valence-corrected chi connectivity index (χ3v) is 7.46. The van der Waals surface area contributed by atoms with E-state index in [1.54, 1.807) is 6.20 Å². The molecule has 3 aliphatic heterocycles. The first-order valence-corrected chi connectivity index (χ1v) is 12.9. The molecular formula is C27H40N6O3. The summed E-state index contributed by atoms with van der Waals surface area (Å²) >= 11 is 0. The van der Waals surface area contributed by atoms with E-state index in [9.17, 15) is 4.79 Å². The molecule has 0 bridgehead atoms. The second-order valence-corrected chi connectivity index (χ2v) is 10.4. The number of nitrogens with zero attached hydrogens (tertiary/aromatic N) is 6. The van der Waals surface area contributed by atoms with Crippen molar-refractivity contribution in [3.05, 3.63) is 47.8 Å². The van der Waals surface area contributed by atoms with Crippen LogP contribution in [0.2, 0.25) is 0 Å². The van der Waals surface area contributed by atoms with Crippen LogP contribution < -0.4 is 4.90 Å². The minimum atomic E-state index is -0.00618. The van der Waals surface area contributed by atoms with Crippen LogP contribution in [0.5, 0.6) is 0 Å². The Labute approximate surface area is 214 Å². The summed E-state index contributed by atoms with van der Waals surface area (Å²) in [5.41, 5.74) is 4.01. The monoisotopic (exact) mass is 496 g/mol. The Bertz CT molecular complexity index is 983. The zero-order valence-electron chi connectivity index (χ0n) is 21.9. The fraction of sp³-hybridized carbons (Fsp3) is 0.593. The minimum Gasteiger partial charge on any atom is -0.379 e. The number of hydrogen-bond acceptors (Lipinski definition) is 7. The average Bonchev–Trinajstić information content (AvgIpc) is 3.36. The van der Waals surface area contributed by atoms with Gasteiger partial charge in [-0.15, -0.1) is 0 Å².